The fourth-order valence-electron chi connectivity index (χ4n) is 6.53. The van der Waals surface area contributed by atoms with Gasteiger partial charge in [-0.05, 0) is 33.4 Å². The van der Waals surface area contributed by atoms with Crippen LogP contribution in [0.2, 0.25) is 0 Å². The lowest BCUT2D eigenvalue weighted by molar-refractivity contribution is -0.268. The number of nitrogens with zero attached hydrogens (tertiary/aromatic N) is 3. The van der Waals surface area contributed by atoms with Gasteiger partial charge in [-0.3, -0.25) is 19.6 Å². The van der Waals surface area contributed by atoms with Crippen molar-refractivity contribution in [1.82, 2.24) is 25.4 Å². The summed E-state index contributed by atoms with van der Waals surface area (Å²) in [6.07, 6.45) is -0.504. The Morgan fingerprint density at radius 3 is 2.42 bits per heavy atom. The first-order valence-electron chi connectivity index (χ1n) is 17.3. The van der Waals surface area contributed by atoms with Gasteiger partial charge >= 0.3 is 6.09 Å². The molecule has 0 spiro atoms. The van der Waals surface area contributed by atoms with E-state index in [0.717, 1.165) is 38.9 Å². The van der Waals surface area contributed by atoms with Crippen molar-refractivity contribution in [3.8, 4) is 11.1 Å². The summed E-state index contributed by atoms with van der Waals surface area (Å²) in [5.74, 6) is -0.204. The average molecular weight is 734 g/mol. The largest absolute Gasteiger partial charge is 0.445 e. The molecular weight excluding hydrogens is 695 g/mol. The predicted octanol–water partition coefficient (Wildman–Crippen LogP) is 6.10. The highest BCUT2D eigenvalue weighted by Gasteiger charge is 2.40. The van der Waals surface area contributed by atoms with Gasteiger partial charge in [0, 0.05) is 17.2 Å². The minimum Gasteiger partial charge on any atom is -0.445 e. The van der Waals surface area contributed by atoms with Crippen LogP contribution in [0.5, 0.6) is 0 Å². The Kier molecular flexibility index (Phi) is 11.3. The van der Waals surface area contributed by atoms with E-state index in [-0.39, 0.29) is 50.2 Å². The number of aromatic nitrogens is 3. The number of thioether (sulfide) groups is 1. The van der Waals surface area contributed by atoms with Crippen LogP contribution in [0.3, 0.4) is 0 Å². The van der Waals surface area contributed by atoms with Crippen LogP contribution in [0.15, 0.2) is 115 Å². The van der Waals surface area contributed by atoms with Gasteiger partial charge in [-0.15, -0.1) is 0 Å². The molecule has 2 aliphatic rings. The van der Waals surface area contributed by atoms with Gasteiger partial charge in [0.25, 0.3) is 5.91 Å². The molecule has 0 saturated carbocycles. The summed E-state index contributed by atoms with van der Waals surface area (Å²) in [5.41, 5.74) is 6.00. The van der Waals surface area contributed by atoms with Crippen LogP contribution in [0.1, 0.15) is 53.6 Å². The molecule has 4 aromatic carbocycles. The van der Waals surface area contributed by atoms with Crippen molar-refractivity contribution in [2.75, 3.05) is 5.75 Å². The van der Waals surface area contributed by atoms with Crippen molar-refractivity contribution in [2.24, 2.45) is 5.92 Å². The zero-order valence-electron chi connectivity index (χ0n) is 29.0. The lowest BCUT2D eigenvalue weighted by Gasteiger charge is -2.41. The van der Waals surface area contributed by atoms with E-state index in [1.165, 1.54) is 23.0 Å². The highest BCUT2D eigenvalue weighted by molar-refractivity contribution is 7.99. The molecule has 0 radical (unpaired) electrons. The number of amides is 3. The van der Waals surface area contributed by atoms with Crippen molar-refractivity contribution >= 4 is 29.7 Å². The number of hydrogen-bond acceptors (Lipinski definition) is 10. The second-order valence-corrected chi connectivity index (χ2v) is 14.0. The van der Waals surface area contributed by atoms with Crippen molar-refractivity contribution in [1.29, 1.82) is 0 Å². The minimum absolute atomic E-state index is 0.0125. The first-order chi connectivity index (χ1) is 25.9. The summed E-state index contributed by atoms with van der Waals surface area (Å²) in [7, 11) is 0. The third kappa shape index (κ3) is 8.50. The quantitative estimate of drug-likeness (QED) is 0.101. The Hall–Kier alpha value is -5.34. The number of nitrogens with one attached hydrogen (secondary N) is 2. The van der Waals surface area contributed by atoms with E-state index in [2.05, 4.69) is 27.4 Å². The molecule has 5 atom stereocenters. The van der Waals surface area contributed by atoms with Gasteiger partial charge in [-0.2, -0.15) is 5.10 Å². The number of aliphatic hydroxyl groups excluding tert-OH is 1. The van der Waals surface area contributed by atoms with Crippen LogP contribution in [0.4, 0.5) is 4.79 Å². The first kappa shape index (κ1) is 36.0. The third-order valence-corrected chi connectivity index (χ3v) is 10.5. The maximum atomic E-state index is 13.3. The van der Waals surface area contributed by atoms with E-state index in [4.69, 9.17) is 14.2 Å². The SMILES string of the molecule is C[C@H]1[C@@H](CSc2ncn[nH]2)O[C@@H](c2ccc(-c3ccccc3CN3C(=O)CC(NC(=O)OCc4ccccc4)C3=O)cc2)O[C@H]1c1ccc(CO)cc1. The van der Waals surface area contributed by atoms with E-state index >= 15 is 0 Å². The minimum atomic E-state index is -0.996. The standard InChI is InChI=1S/C40H39N5O7S/c1-25-34(23-53-39-41-24-42-44-39)51-38(52-36(25)29-13-11-26(21-46)12-14-29)30-17-15-28(16-18-30)32-10-6-5-9-31(32)20-45-35(47)19-33(37(45)48)43-40(49)50-22-27-7-3-2-4-8-27/h2-18,24-25,33-34,36,38,46H,19-23H2,1H3,(H,43,49)(H,41,42,44)/t25-,33?,34+,36+,38+/m0/s1. The molecule has 0 bridgehead atoms. The molecule has 3 amide bonds. The second kappa shape index (κ2) is 16.6. The smallest absolute Gasteiger partial charge is 0.408 e. The molecule has 53 heavy (non-hydrogen) atoms. The molecule has 2 aliphatic heterocycles. The summed E-state index contributed by atoms with van der Waals surface area (Å²) < 4.78 is 18.5. The van der Waals surface area contributed by atoms with Gasteiger partial charge in [0.2, 0.25) is 5.91 Å². The first-order valence-corrected chi connectivity index (χ1v) is 18.3. The summed E-state index contributed by atoms with van der Waals surface area (Å²) in [6, 6.07) is 31.5. The van der Waals surface area contributed by atoms with Gasteiger partial charge in [0.1, 0.15) is 19.0 Å². The topological polar surface area (TPSA) is 156 Å². The number of aliphatic hydroxyl groups is 1. The Bertz CT molecular complexity index is 2010. The lowest BCUT2D eigenvalue weighted by atomic mass is 9.91. The van der Waals surface area contributed by atoms with Gasteiger partial charge in [0.15, 0.2) is 11.4 Å². The normalized spacial score (nSPS) is 21.5. The molecule has 13 heteroatoms. The molecule has 3 N–H and O–H groups in total. The number of aromatic amines is 1. The zero-order valence-corrected chi connectivity index (χ0v) is 29.8. The van der Waals surface area contributed by atoms with Gasteiger partial charge in [-0.1, -0.05) is 122 Å². The number of alkyl carbamates (subject to hydrolysis) is 1. The molecular formula is C40H39N5O7S. The highest BCUT2D eigenvalue weighted by atomic mass is 32.2. The summed E-state index contributed by atoms with van der Waals surface area (Å²) in [6.45, 7) is 2.19. The number of rotatable bonds is 12. The van der Waals surface area contributed by atoms with E-state index in [0.29, 0.717) is 10.9 Å². The van der Waals surface area contributed by atoms with Gasteiger partial charge < -0.3 is 24.6 Å². The van der Waals surface area contributed by atoms with Crippen LogP contribution in [-0.4, -0.2) is 61.0 Å². The van der Waals surface area contributed by atoms with Crippen LogP contribution < -0.4 is 5.32 Å². The third-order valence-electron chi connectivity index (χ3n) is 9.49. The summed E-state index contributed by atoms with van der Waals surface area (Å²) in [5, 5.41) is 19.7. The van der Waals surface area contributed by atoms with Crippen LogP contribution in [0.25, 0.3) is 11.1 Å². The van der Waals surface area contributed by atoms with E-state index < -0.39 is 24.3 Å². The van der Waals surface area contributed by atoms with Crippen LogP contribution >= 0.6 is 11.8 Å². The monoisotopic (exact) mass is 733 g/mol. The maximum Gasteiger partial charge on any atom is 0.408 e. The van der Waals surface area contributed by atoms with Crippen molar-refractivity contribution in [3.05, 3.63) is 137 Å². The lowest BCUT2D eigenvalue weighted by Crippen LogP contribution is -2.41. The number of carbonyl (C=O) groups is 3. The van der Waals surface area contributed by atoms with Gasteiger partial charge in [0.05, 0.1) is 31.8 Å². The molecule has 0 aliphatic carbocycles. The summed E-state index contributed by atoms with van der Waals surface area (Å²) >= 11 is 1.53. The fraction of sp³-hybridized carbons (Fsp3) is 0.275. The molecule has 2 saturated heterocycles. The van der Waals surface area contributed by atoms with Crippen molar-refractivity contribution < 1.29 is 33.7 Å². The predicted molar refractivity (Wildman–Crippen MR) is 196 cm³/mol. The molecule has 12 nitrogen and oxygen atoms in total. The number of ether oxygens (including phenoxy) is 3. The fourth-order valence-corrected chi connectivity index (χ4v) is 7.48. The average Bonchev–Trinajstić information content (AvgIpc) is 3.81. The Morgan fingerprint density at radius 1 is 0.943 bits per heavy atom. The molecule has 5 aromatic rings. The molecule has 3 heterocycles. The van der Waals surface area contributed by atoms with Crippen LogP contribution in [0, 0.1) is 5.92 Å². The Morgan fingerprint density at radius 2 is 1.68 bits per heavy atom. The van der Waals surface area contributed by atoms with Crippen molar-refractivity contribution in [2.45, 2.75) is 62.8 Å². The number of benzene rings is 4. The number of carbonyl (C=O) groups excluding carboxylic acids is 3. The van der Waals surface area contributed by atoms with Crippen molar-refractivity contribution in [3.63, 3.8) is 0 Å². The maximum absolute atomic E-state index is 13.3. The summed E-state index contributed by atoms with van der Waals surface area (Å²) in [4.78, 5) is 44.2. The number of H-pyrrole nitrogens is 1. The Balaban J connectivity index is 1.04. The highest BCUT2D eigenvalue weighted by Crippen LogP contribution is 2.43. The Labute approximate surface area is 310 Å². The number of imide groups is 1. The van der Waals surface area contributed by atoms with E-state index in [1.54, 1.807) is 0 Å². The molecule has 2 fully saturated rings. The zero-order chi connectivity index (χ0) is 36.7. The number of hydrogen-bond donors (Lipinski definition) is 3. The number of likely N-dealkylation sites (tertiary alicyclic amines) is 1. The van der Waals surface area contributed by atoms with E-state index in [1.807, 2.05) is 103 Å². The molecule has 1 unspecified atom stereocenters. The molecule has 272 valence electrons. The van der Waals surface area contributed by atoms with Crippen LogP contribution in [-0.2, 0) is 43.6 Å². The van der Waals surface area contributed by atoms with Gasteiger partial charge in [-0.25, -0.2) is 9.78 Å². The molecule has 1 aromatic heterocycles. The second-order valence-electron chi connectivity index (χ2n) is 13.0. The van der Waals surface area contributed by atoms with E-state index in [9.17, 15) is 19.5 Å². The molecule has 7 rings (SSSR count).